The second-order valence-corrected chi connectivity index (χ2v) is 6.24. The van der Waals surface area contributed by atoms with Crippen LogP contribution in [0, 0.1) is 6.92 Å². The van der Waals surface area contributed by atoms with Gasteiger partial charge in [-0.1, -0.05) is 11.6 Å². The molecule has 0 aliphatic carbocycles. The van der Waals surface area contributed by atoms with Gasteiger partial charge in [0.2, 0.25) is 0 Å². The number of amides is 1. The number of halogens is 1. The van der Waals surface area contributed by atoms with Crippen LogP contribution in [0.5, 0.6) is 0 Å². The summed E-state index contributed by atoms with van der Waals surface area (Å²) < 4.78 is 7.60. The molecular weight excluding hydrogens is 302 g/mol. The molecule has 0 spiro atoms. The zero-order chi connectivity index (χ0) is 15.3. The molecule has 2 aliphatic heterocycles. The molecular formula is C16H18ClN3O2. The molecule has 5 nitrogen and oxygen atoms in total. The van der Waals surface area contributed by atoms with Crippen LogP contribution < -0.4 is 10.2 Å². The molecule has 1 aromatic heterocycles. The summed E-state index contributed by atoms with van der Waals surface area (Å²) in [6.45, 7) is 6.60. The Labute approximate surface area is 133 Å². The number of fused-ring (bicyclic) bond motifs is 3. The monoisotopic (exact) mass is 319 g/mol. The van der Waals surface area contributed by atoms with Gasteiger partial charge >= 0.3 is 0 Å². The van der Waals surface area contributed by atoms with Gasteiger partial charge in [0.1, 0.15) is 5.69 Å². The van der Waals surface area contributed by atoms with Crippen molar-refractivity contribution in [1.29, 1.82) is 0 Å². The number of nitrogens with one attached hydrogen (secondary N) is 1. The van der Waals surface area contributed by atoms with E-state index in [2.05, 4.69) is 14.8 Å². The fourth-order valence-electron chi connectivity index (χ4n) is 3.52. The van der Waals surface area contributed by atoms with Crippen molar-refractivity contribution in [1.82, 2.24) is 9.88 Å². The number of aryl methyl sites for hydroxylation is 1. The van der Waals surface area contributed by atoms with E-state index in [0.717, 1.165) is 60.7 Å². The normalized spacial score (nSPS) is 18.5. The van der Waals surface area contributed by atoms with E-state index in [1.807, 2.05) is 19.1 Å². The minimum absolute atomic E-state index is 0.00370. The number of aromatic nitrogens is 1. The number of ether oxygens (including phenoxy) is 1. The molecule has 0 bridgehead atoms. The summed E-state index contributed by atoms with van der Waals surface area (Å²) >= 11 is 6.35. The van der Waals surface area contributed by atoms with Crippen molar-refractivity contribution >= 4 is 34.1 Å². The van der Waals surface area contributed by atoms with Gasteiger partial charge in [-0.2, -0.15) is 0 Å². The maximum absolute atomic E-state index is 12.2. The highest BCUT2D eigenvalue weighted by Crippen LogP contribution is 2.37. The Morgan fingerprint density at radius 2 is 2.00 bits per heavy atom. The second kappa shape index (κ2) is 5.18. The number of morpholine rings is 1. The van der Waals surface area contributed by atoms with Crippen molar-refractivity contribution in [3.05, 3.63) is 28.4 Å². The molecule has 1 N–H and O–H groups in total. The minimum Gasteiger partial charge on any atom is -0.378 e. The van der Waals surface area contributed by atoms with E-state index >= 15 is 0 Å². The maximum Gasteiger partial charge on any atom is 0.268 e. The molecule has 2 aliphatic rings. The largest absolute Gasteiger partial charge is 0.378 e. The van der Waals surface area contributed by atoms with Crippen LogP contribution in [0.2, 0.25) is 5.02 Å². The van der Waals surface area contributed by atoms with Gasteiger partial charge in [-0.15, -0.1) is 0 Å². The molecule has 3 heterocycles. The third kappa shape index (κ3) is 2.00. The Morgan fingerprint density at radius 1 is 1.23 bits per heavy atom. The molecule has 0 unspecified atom stereocenters. The predicted molar refractivity (Wildman–Crippen MR) is 87.1 cm³/mol. The summed E-state index contributed by atoms with van der Waals surface area (Å²) in [5.74, 6) is 0.00370. The zero-order valence-corrected chi connectivity index (χ0v) is 13.2. The van der Waals surface area contributed by atoms with Crippen LogP contribution in [0.25, 0.3) is 10.9 Å². The topological polar surface area (TPSA) is 46.5 Å². The van der Waals surface area contributed by atoms with Gasteiger partial charge < -0.3 is 19.5 Å². The van der Waals surface area contributed by atoms with E-state index in [4.69, 9.17) is 16.3 Å². The lowest BCUT2D eigenvalue weighted by molar-refractivity contribution is 0.0928. The number of benzene rings is 1. The zero-order valence-electron chi connectivity index (χ0n) is 12.5. The van der Waals surface area contributed by atoms with Crippen molar-refractivity contribution in [3.63, 3.8) is 0 Å². The number of hydrogen-bond acceptors (Lipinski definition) is 3. The van der Waals surface area contributed by atoms with Crippen molar-refractivity contribution in [2.45, 2.75) is 13.5 Å². The van der Waals surface area contributed by atoms with Gasteiger partial charge in [0.25, 0.3) is 5.91 Å². The molecule has 6 heteroatoms. The average Bonchev–Trinajstić information content (AvgIpc) is 2.82. The van der Waals surface area contributed by atoms with Gasteiger partial charge in [0.15, 0.2) is 0 Å². The highest BCUT2D eigenvalue weighted by Gasteiger charge is 2.27. The summed E-state index contributed by atoms with van der Waals surface area (Å²) in [4.78, 5) is 14.6. The van der Waals surface area contributed by atoms with Crippen molar-refractivity contribution in [3.8, 4) is 0 Å². The molecule has 1 amide bonds. The maximum atomic E-state index is 12.2. The first-order valence-electron chi connectivity index (χ1n) is 7.60. The Bertz CT molecular complexity index is 763. The van der Waals surface area contributed by atoms with Crippen molar-refractivity contribution in [2.75, 3.05) is 37.7 Å². The summed E-state index contributed by atoms with van der Waals surface area (Å²) in [6, 6.07) is 3.98. The molecule has 1 fully saturated rings. The minimum atomic E-state index is 0.00370. The number of hydrogen-bond donors (Lipinski definition) is 1. The quantitative estimate of drug-likeness (QED) is 0.876. The molecule has 116 valence electrons. The van der Waals surface area contributed by atoms with E-state index in [1.54, 1.807) is 0 Å². The van der Waals surface area contributed by atoms with Crippen LogP contribution in [-0.4, -0.2) is 43.3 Å². The lowest BCUT2D eigenvalue weighted by atomic mass is 10.1. The molecule has 1 aromatic carbocycles. The Kier molecular flexibility index (Phi) is 3.27. The smallest absolute Gasteiger partial charge is 0.268 e. The number of rotatable bonds is 1. The average molecular weight is 320 g/mol. The lowest BCUT2D eigenvalue weighted by Crippen LogP contribution is -2.37. The number of nitrogens with zero attached hydrogens (tertiary/aromatic N) is 2. The molecule has 0 radical (unpaired) electrons. The van der Waals surface area contributed by atoms with Gasteiger partial charge in [-0.25, -0.2) is 0 Å². The van der Waals surface area contributed by atoms with Gasteiger partial charge in [-0.05, 0) is 24.6 Å². The van der Waals surface area contributed by atoms with Crippen LogP contribution in [0.3, 0.4) is 0 Å². The Balaban J connectivity index is 2.00. The van der Waals surface area contributed by atoms with Crippen molar-refractivity contribution in [2.24, 2.45) is 0 Å². The highest BCUT2D eigenvalue weighted by molar-refractivity contribution is 6.32. The van der Waals surface area contributed by atoms with E-state index in [1.165, 1.54) is 0 Å². The summed E-state index contributed by atoms with van der Waals surface area (Å²) in [5.41, 5.74) is 3.99. The predicted octanol–water partition coefficient (Wildman–Crippen LogP) is 2.18. The first kappa shape index (κ1) is 13.9. The van der Waals surface area contributed by atoms with Gasteiger partial charge in [-0.3, -0.25) is 4.79 Å². The molecule has 0 saturated carbocycles. The van der Waals surface area contributed by atoms with E-state index in [0.29, 0.717) is 11.6 Å². The summed E-state index contributed by atoms with van der Waals surface area (Å²) in [6.07, 6.45) is 0. The van der Waals surface area contributed by atoms with Crippen LogP contribution in [0.15, 0.2) is 12.1 Å². The Morgan fingerprint density at radius 3 is 2.77 bits per heavy atom. The Hall–Kier alpha value is -1.72. The fourth-order valence-corrected chi connectivity index (χ4v) is 3.74. The first-order chi connectivity index (χ1) is 10.7. The first-order valence-corrected chi connectivity index (χ1v) is 7.98. The fraction of sp³-hybridized carbons (Fsp3) is 0.438. The van der Waals surface area contributed by atoms with Gasteiger partial charge in [0.05, 0.1) is 24.4 Å². The van der Waals surface area contributed by atoms with Crippen molar-refractivity contribution < 1.29 is 9.53 Å². The van der Waals surface area contributed by atoms with Crippen LogP contribution in [0.4, 0.5) is 5.69 Å². The number of anilines is 1. The molecule has 22 heavy (non-hydrogen) atoms. The third-order valence-corrected chi connectivity index (χ3v) is 4.76. The van der Waals surface area contributed by atoms with E-state index < -0.39 is 0 Å². The molecule has 4 rings (SSSR count). The van der Waals surface area contributed by atoms with Crippen LogP contribution >= 0.6 is 11.6 Å². The number of carbonyl (C=O) groups is 1. The molecule has 0 atom stereocenters. The van der Waals surface area contributed by atoms with E-state index in [9.17, 15) is 4.79 Å². The second-order valence-electron chi connectivity index (χ2n) is 5.80. The third-order valence-electron chi connectivity index (χ3n) is 4.54. The summed E-state index contributed by atoms with van der Waals surface area (Å²) in [5, 5.41) is 4.71. The molecule has 1 saturated heterocycles. The molecule has 2 aromatic rings. The van der Waals surface area contributed by atoms with Gasteiger partial charge in [0, 0.05) is 36.6 Å². The van der Waals surface area contributed by atoms with Crippen LogP contribution in [0.1, 0.15) is 16.1 Å². The highest BCUT2D eigenvalue weighted by atomic mass is 35.5. The SMILES string of the molecule is Cc1c2n(c3c(N4CCOCC4)cc(Cl)cc13)CCNC2=O. The number of carbonyl (C=O) groups excluding carboxylic acids is 1. The van der Waals surface area contributed by atoms with Crippen LogP contribution in [-0.2, 0) is 11.3 Å². The standard InChI is InChI=1S/C16H18ClN3O2/c1-10-12-8-11(17)9-13(19-4-6-22-7-5-19)15(12)20-3-2-18-16(21)14(10)20/h8-9H,2-7H2,1H3,(H,18,21). The lowest BCUT2D eigenvalue weighted by Gasteiger charge is -2.30. The summed E-state index contributed by atoms with van der Waals surface area (Å²) in [7, 11) is 0. The van der Waals surface area contributed by atoms with E-state index in [-0.39, 0.29) is 5.91 Å².